The quantitative estimate of drug-likeness (QED) is 0.757. The van der Waals surface area contributed by atoms with Crippen LogP contribution in [0.25, 0.3) is 0 Å². The first-order valence-corrected chi connectivity index (χ1v) is 5.14. The molecule has 0 aromatic carbocycles. The lowest BCUT2D eigenvalue weighted by Crippen LogP contribution is -2.35. The highest BCUT2D eigenvalue weighted by Crippen LogP contribution is 2.06. The molecule has 0 aromatic rings. The van der Waals surface area contributed by atoms with Gasteiger partial charge in [-0.05, 0) is 33.3 Å². The number of hydrogen-bond donors (Lipinski definition) is 1. The predicted octanol–water partition coefficient (Wildman–Crippen LogP) is 1.91. The number of rotatable bonds is 2. The number of nitrogens with one attached hydrogen (secondary N) is 1. The maximum absolute atomic E-state index is 11.3. The summed E-state index contributed by atoms with van der Waals surface area (Å²) in [7, 11) is 0. The van der Waals surface area contributed by atoms with Crippen molar-refractivity contribution in [2.45, 2.75) is 32.8 Å². The van der Waals surface area contributed by atoms with E-state index in [1.165, 1.54) is 0 Å². The third-order valence-electron chi connectivity index (χ3n) is 1.73. The standard InChI is InChI=1S/C11H18N2O2/c1-11(2,3)15-10(14)13-8-9-6-4-5-7-12-9/h4,6H,5,7-8H2,1-3H3,(H,13,14). The van der Waals surface area contributed by atoms with Gasteiger partial charge in [-0.15, -0.1) is 0 Å². The Labute approximate surface area is 90.4 Å². The molecule has 1 aliphatic rings. The lowest BCUT2D eigenvalue weighted by Gasteiger charge is -2.19. The molecule has 0 atom stereocenters. The molecule has 1 N–H and O–H groups in total. The number of alkyl carbamates (subject to hydrolysis) is 1. The first kappa shape index (κ1) is 11.8. The van der Waals surface area contributed by atoms with Crippen molar-refractivity contribution in [3.8, 4) is 0 Å². The monoisotopic (exact) mass is 210 g/mol. The van der Waals surface area contributed by atoms with Gasteiger partial charge in [0.05, 0.1) is 12.3 Å². The Balaban J connectivity index is 2.28. The van der Waals surface area contributed by atoms with E-state index in [1.54, 1.807) is 0 Å². The number of dihydropyridines is 1. The lowest BCUT2D eigenvalue weighted by atomic mass is 10.2. The number of nitrogens with zero attached hydrogens (tertiary/aromatic N) is 1. The van der Waals surface area contributed by atoms with E-state index in [1.807, 2.05) is 26.8 Å². The second-order valence-corrected chi connectivity index (χ2v) is 4.42. The molecule has 4 nitrogen and oxygen atoms in total. The minimum Gasteiger partial charge on any atom is -0.444 e. The Kier molecular flexibility index (Phi) is 3.88. The van der Waals surface area contributed by atoms with Crippen LogP contribution in [0.4, 0.5) is 4.79 Å². The first-order valence-electron chi connectivity index (χ1n) is 5.14. The van der Waals surface area contributed by atoms with Crippen LogP contribution in [0, 0.1) is 0 Å². The van der Waals surface area contributed by atoms with Crippen LogP contribution in [0.2, 0.25) is 0 Å². The summed E-state index contributed by atoms with van der Waals surface area (Å²) in [5.74, 6) is 0. The summed E-state index contributed by atoms with van der Waals surface area (Å²) in [6, 6.07) is 0. The van der Waals surface area contributed by atoms with E-state index in [-0.39, 0.29) is 0 Å². The van der Waals surface area contributed by atoms with E-state index in [9.17, 15) is 4.79 Å². The van der Waals surface area contributed by atoms with Gasteiger partial charge in [0.2, 0.25) is 0 Å². The van der Waals surface area contributed by atoms with Crippen LogP contribution in [0.5, 0.6) is 0 Å². The van der Waals surface area contributed by atoms with Crippen LogP contribution in [-0.4, -0.2) is 30.5 Å². The molecule has 1 aliphatic heterocycles. The molecule has 1 amide bonds. The highest BCUT2D eigenvalue weighted by Gasteiger charge is 2.15. The van der Waals surface area contributed by atoms with Gasteiger partial charge in [0.1, 0.15) is 5.60 Å². The van der Waals surface area contributed by atoms with Gasteiger partial charge in [-0.1, -0.05) is 6.08 Å². The van der Waals surface area contributed by atoms with Crippen LogP contribution >= 0.6 is 0 Å². The molecule has 84 valence electrons. The fourth-order valence-corrected chi connectivity index (χ4v) is 1.15. The van der Waals surface area contributed by atoms with Gasteiger partial charge in [0, 0.05) is 6.54 Å². The summed E-state index contributed by atoms with van der Waals surface area (Å²) in [5, 5.41) is 2.67. The van der Waals surface area contributed by atoms with Crippen molar-refractivity contribution in [1.29, 1.82) is 0 Å². The average Bonchev–Trinajstić information content (AvgIpc) is 2.14. The minimum atomic E-state index is -0.450. The van der Waals surface area contributed by atoms with Crippen LogP contribution in [0.3, 0.4) is 0 Å². The molecule has 0 spiro atoms. The van der Waals surface area contributed by atoms with E-state index >= 15 is 0 Å². The minimum absolute atomic E-state index is 0.399. The molecule has 0 aliphatic carbocycles. The topological polar surface area (TPSA) is 50.7 Å². The van der Waals surface area contributed by atoms with E-state index in [0.29, 0.717) is 6.54 Å². The maximum atomic E-state index is 11.3. The fourth-order valence-electron chi connectivity index (χ4n) is 1.15. The zero-order valence-electron chi connectivity index (χ0n) is 9.54. The SMILES string of the molecule is CC(C)(C)OC(=O)NCC1=NCCC=C1. The largest absolute Gasteiger partial charge is 0.444 e. The summed E-state index contributed by atoms with van der Waals surface area (Å²) in [5.41, 5.74) is 0.445. The van der Waals surface area contributed by atoms with E-state index < -0.39 is 11.7 Å². The highest BCUT2D eigenvalue weighted by atomic mass is 16.6. The van der Waals surface area contributed by atoms with Gasteiger partial charge in [0.25, 0.3) is 0 Å². The molecule has 15 heavy (non-hydrogen) atoms. The molecule has 1 rings (SSSR count). The molecular weight excluding hydrogens is 192 g/mol. The smallest absolute Gasteiger partial charge is 0.407 e. The summed E-state index contributed by atoms with van der Waals surface area (Å²) in [6.07, 6.45) is 4.57. The van der Waals surface area contributed by atoms with Crippen LogP contribution < -0.4 is 5.32 Å². The number of carbonyl (C=O) groups is 1. The van der Waals surface area contributed by atoms with Crippen molar-refractivity contribution in [2.75, 3.05) is 13.1 Å². The normalized spacial score (nSPS) is 15.8. The zero-order valence-corrected chi connectivity index (χ0v) is 9.54. The fraction of sp³-hybridized carbons (Fsp3) is 0.636. The second kappa shape index (κ2) is 4.96. The zero-order chi connectivity index (χ0) is 11.3. The molecule has 4 heteroatoms. The summed E-state index contributed by atoms with van der Waals surface area (Å²) in [6.45, 7) is 6.76. The number of carbonyl (C=O) groups excluding carboxylic acids is 1. The predicted molar refractivity (Wildman–Crippen MR) is 60.3 cm³/mol. The van der Waals surface area contributed by atoms with E-state index in [2.05, 4.69) is 16.4 Å². The molecule has 0 saturated carbocycles. The third-order valence-corrected chi connectivity index (χ3v) is 1.73. The number of aliphatic imine (C=N–C) groups is 1. The molecule has 0 aromatic heterocycles. The van der Waals surface area contributed by atoms with E-state index in [4.69, 9.17) is 4.74 Å². The van der Waals surface area contributed by atoms with Crippen molar-refractivity contribution in [3.63, 3.8) is 0 Å². The molecule has 0 unspecified atom stereocenters. The highest BCUT2D eigenvalue weighted by molar-refractivity contribution is 5.98. The van der Waals surface area contributed by atoms with Crippen LogP contribution in [-0.2, 0) is 4.74 Å². The summed E-state index contributed by atoms with van der Waals surface area (Å²) >= 11 is 0. The average molecular weight is 210 g/mol. The van der Waals surface area contributed by atoms with Gasteiger partial charge in [-0.25, -0.2) is 4.79 Å². The first-order chi connectivity index (χ1) is 6.97. The van der Waals surface area contributed by atoms with Crippen LogP contribution in [0.1, 0.15) is 27.2 Å². The molecule has 0 radical (unpaired) electrons. The summed E-state index contributed by atoms with van der Waals surface area (Å²) in [4.78, 5) is 15.5. The van der Waals surface area contributed by atoms with Crippen molar-refractivity contribution in [3.05, 3.63) is 12.2 Å². The second-order valence-electron chi connectivity index (χ2n) is 4.42. The van der Waals surface area contributed by atoms with Gasteiger partial charge in [0.15, 0.2) is 0 Å². The maximum Gasteiger partial charge on any atom is 0.407 e. The third kappa shape index (κ3) is 5.20. The number of amides is 1. The Morgan fingerprint density at radius 3 is 2.87 bits per heavy atom. The molecule has 0 saturated heterocycles. The molecular formula is C11H18N2O2. The molecule has 0 bridgehead atoms. The molecule has 0 fully saturated rings. The van der Waals surface area contributed by atoms with Crippen LogP contribution in [0.15, 0.2) is 17.1 Å². The number of ether oxygens (including phenoxy) is 1. The van der Waals surface area contributed by atoms with Crippen molar-refractivity contribution < 1.29 is 9.53 Å². The Hall–Kier alpha value is -1.32. The van der Waals surface area contributed by atoms with Crippen molar-refractivity contribution in [1.82, 2.24) is 5.32 Å². The molecule has 1 heterocycles. The van der Waals surface area contributed by atoms with Gasteiger partial charge in [-0.2, -0.15) is 0 Å². The Bertz CT molecular complexity index is 287. The summed E-state index contributed by atoms with van der Waals surface area (Å²) < 4.78 is 5.10. The Morgan fingerprint density at radius 1 is 1.60 bits per heavy atom. The lowest BCUT2D eigenvalue weighted by molar-refractivity contribution is 0.0536. The van der Waals surface area contributed by atoms with Gasteiger partial charge >= 0.3 is 6.09 Å². The number of hydrogen-bond acceptors (Lipinski definition) is 3. The van der Waals surface area contributed by atoms with Gasteiger partial charge < -0.3 is 10.1 Å². The Morgan fingerprint density at radius 2 is 2.33 bits per heavy atom. The van der Waals surface area contributed by atoms with Crippen molar-refractivity contribution in [2.24, 2.45) is 4.99 Å². The van der Waals surface area contributed by atoms with E-state index in [0.717, 1.165) is 18.7 Å². The van der Waals surface area contributed by atoms with Crippen molar-refractivity contribution >= 4 is 11.8 Å². The van der Waals surface area contributed by atoms with Gasteiger partial charge in [-0.3, -0.25) is 4.99 Å².